The molecule has 0 radical (unpaired) electrons. The Labute approximate surface area is 147 Å². The van der Waals surface area contributed by atoms with Crippen LogP contribution in [-0.4, -0.2) is 54.5 Å². The first kappa shape index (κ1) is 16.5. The van der Waals surface area contributed by atoms with E-state index in [1.807, 2.05) is 0 Å². The molecule has 1 saturated heterocycles. The lowest BCUT2D eigenvalue weighted by molar-refractivity contribution is 0.159. The smallest absolute Gasteiger partial charge is 0.167 e. The first-order valence-electron chi connectivity index (χ1n) is 8.12. The first-order valence-corrected chi connectivity index (χ1v) is 8.12. The number of hydrogen-bond donors (Lipinski definition) is 1. The predicted octanol–water partition coefficient (Wildman–Crippen LogP) is 0.844. The second-order valence-corrected chi connectivity index (χ2v) is 5.89. The number of benzene rings is 1. The van der Waals surface area contributed by atoms with Crippen LogP contribution in [0.5, 0.6) is 5.75 Å². The molecule has 1 fully saturated rings. The minimum Gasteiger partial charge on any atom is -0.484 e. The van der Waals surface area contributed by atoms with Crippen molar-refractivity contribution >= 4 is 0 Å². The van der Waals surface area contributed by atoms with E-state index in [4.69, 9.17) is 4.74 Å². The van der Waals surface area contributed by atoms with Gasteiger partial charge in [-0.25, -0.2) is 13.5 Å². The van der Waals surface area contributed by atoms with Crippen molar-refractivity contribution in [1.82, 2.24) is 40.5 Å². The molecule has 0 spiro atoms. The number of ether oxygens (including phenoxy) is 1. The third kappa shape index (κ3) is 3.38. The number of piperidine rings is 1. The van der Waals surface area contributed by atoms with Crippen LogP contribution >= 0.6 is 0 Å². The number of nitrogens with one attached hydrogen (secondary N) is 1. The van der Waals surface area contributed by atoms with E-state index in [9.17, 15) is 8.78 Å². The Kier molecular flexibility index (Phi) is 4.52. The maximum atomic E-state index is 14.2. The van der Waals surface area contributed by atoms with Crippen LogP contribution < -0.4 is 10.1 Å². The fourth-order valence-electron chi connectivity index (χ4n) is 2.78. The second-order valence-electron chi connectivity index (χ2n) is 5.89. The van der Waals surface area contributed by atoms with Gasteiger partial charge < -0.3 is 10.1 Å². The summed E-state index contributed by atoms with van der Waals surface area (Å²) in [5.41, 5.74) is 0.977. The molecule has 9 nitrogen and oxygen atoms in total. The van der Waals surface area contributed by atoms with Crippen molar-refractivity contribution in [3.63, 3.8) is 0 Å². The molecule has 2 aromatic heterocycles. The molecular weight excluding hydrogens is 346 g/mol. The lowest BCUT2D eigenvalue weighted by Crippen LogP contribution is -2.40. The zero-order valence-electron chi connectivity index (χ0n) is 13.7. The maximum Gasteiger partial charge on any atom is 0.167 e. The first-order chi connectivity index (χ1) is 12.7. The Balaban J connectivity index is 1.41. The Bertz CT molecular complexity index is 868. The molecule has 1 N–H and O–H groups in total. The van der Waals surface area contributed by atoms with Crippen LogP contribution in [0.25, 0.3) is 5.69 Å². The minimum absolute atomic E-state index is 0.0308. The summed E-state index contributed by atoms with van der Waals surface area (Å²) in [6, 6.07) is 4.00. The van der Waals surface area contributed by atoms with E-state index < -0.39 is 18.0 Å². The van der Waals surface area contributed by atoms with Gasteiger partial charge in [0, 0.05) is 12.6 Å². The quantitative estimate of drug-likeness (QED) is 0.719. The van der Waals surface area contributed by atoms with Crippen molar-refractivity contribution in [1.29, 1.82) is 0 Å². The van der Waals surface area contributed by atoms with Crippen LogP contribution in [0.2, 0.25) is 0 Å². The third-order valence-electron chi connectivity index (χ3n) is 4.13. The van der Waals surface area contributed by atoms with E-state index in [1.165, 1.54) is 34.1 Å². The van der Waals surface area contributed by atoms with Crippen molar-refractivity contribution in [2.24, 2.45) is 0 Å². The number of alkyl halides is 1. The monoisotopic (exact) mass is 362 g/mol. The van der Waals surface area contributed by atoms with Crippen molar-refractivity contribution in [3.8, 4) is 11.4 Å². The summed E-state index contributed by atoms with van der Waals surface area (Å²) in [5.74, 6) is -0.478. The second kappa shape index (κ2) is 7.12. The summed E-state index contributed by atoms with van der Waals surface area (Å²) in [6.45, 7) is 1.04. The van der Waals surface area contributed by atoms with E-state index >= 15 is 0 Å². The number of tetrazole rings is 1. The molecular formula is C15H16F2N8O. The number of aromatic nitrogens is 7. The van der Waals surface area contributed by atoms with Gasteiger partial charge in [0.05, 0.1) is 11.9 Å². The predicted molar refractivity (Wildman–Crippen MR) is 84.9 cm³/mol. The van der Waals surface area contributed by atoms with Gasteiger partial charge in [-0.05, 0) is 35.5 Å². The molecule has 2 unspecified atom stereocenters. The Morgan fingerprint density at radius 1 is 1.35 bits per heavy atom. The molecule has 3 aromatic rings. The molecule has 1 aliphatic heterocycles. The highest BCUT2D eigenvalue weighted by atomic mass is 19.1. The summed E-state index contributed by atoms with van der Waals surface area (Å²) < 4.78 is 34.9. The topological polar surface area (TPSA) is 95.6 Å². The fraction of sp³-hybridized carbons (Fsp3) is 0.400. The normalized spacial score (nSPS) is 20.2. The standard InChI is InChI=1S/C15H16F2N8O/c16-12-5-11(24-9-19-22-23-24)1-2-15(12)26-8-10-6-20-25(21-10)14-3-4-18-7-13(14)17/h1-2,5-6,9,13-14,18H,3-4,7-8H2. The Hall–Kier alpha value is -2.95. The molecule has 1 aromatic carbocycles. The Morgan fingerprint density at radius 2 is 2.27 bits per heavy atom. The molecule has 0 bridgehead atoms. The van der Waals surface area contributed by atoms with Crippen molar-refractivity contribution in [2.75, 3.05) is 13.1 Å². The van der Waals surface area contributed by atoms with Crippen LogP contribution in [-0.2, 0) is 6.61 Å². The molecule has 0 aliphatic carbocycles. The summed E-state index contributed by atoms with van der Waals surface area (Å²) in [4.78, 5) is 1.38. The van der Waals surface area contributed by atoms with Crippen LogP contribution in [0, 0.1) is 5.82 Å². The average Bonchev–Trinajstić information content (AvgIpc) is 3.33. The summed E-state index contributed by atoms with van der Waals surface area (Å²) in [5, 5.41) is 22.0. The SMILES string of the molecule is Fc1cc(-n2cnnn2)ccc1OCc1cnn(C2CCNCC2F)n1. The molecule has 2 atom stereocenters. The van der Waals surface area contributed by atoms with Crippen LogP contribution in [0.3, 0.4) is 0 Å². The number of hydrogen-bond acceptors (Lipinski definition) is 7. The van der Waals surface area contributed by atoms with Gasteiger partial charge in [-0.2, -0.15) is 15.0 Å². The highest BCUT2D eigenvalue weighted by Gasteiger charge is 2.27. The minimum atomic E-state index is -1.04. The van der Waals surface area contributed by atoms with Gasteiger partial charge >= 0.3 is 0 Å². The number of nitrogens with zero attached hydrogens (tertiary/aromatic N) is 7. The van der Waals surface area contributed by atoms with Crippen LogP contribution in [0.1, 0.15) is 18.2 Å². The van der Waals surface area contributed by atoms with Gasteiger partial charge in [0.25, 0.3) is 0 Å². The highest BCUT2D eigenvalue weighted by molar-refractivity contribution is 5.37. The lowest BCUT2D eigenvalue weighted by Gasteiger charge is -2.25. The molecule has 136 valence electrons. The molecule has 4 rings (SSSR count). The molecule has 0 amide bonds. The maximum absolute atomic E-state index is 14.2. The zero-order valence-corrected chi connectivity index (χ0v) is 13.7. The number of rotatable bonds is 5. The molecule has 1 aliphatic rings. The lowest BCUT2D eigenvalue weighted by atomic mass is 10.1. The fourth-order valence-corrected chi connectivity index (χ4v) is 2.78. The van der Waals surface area contributed by atoms with E-state index in [0.717, 1.165) is 6.54 Å². The van der Waals surface area contributed by atoms with Crippen molar-refractivity contribution in [3.05, 3.63) is 42.2 Å². The van der Waals surface area contributed by atoms with Crippen LogP contribution in [0.4, 0.5) is 8.78 Å². The van der Waals surface area contributed by atoms with Crippen molar-refractivity contribution < 1.29 is 13.5 Å². The highest BCUT2D eigenvalue weighted by Crippen LogP contribution is 2.22. The van der Waals surface area contributed by atoms with Crippen LogP contribution in [0.15, 0.2) is 30.7 Å². The average molecular weight is 362 g/mol. The molecule has 3 heterocycles. The third-order valence-corrected chi connectivity index (χ3v) is 4.13. The molecule has 26 heavy (non-hydrogen) atoms. The van der Waals surface area contributed by atoms with E-state index in [2.05, 4.69) is 31.0 Å². The molecule has 0 saturated carbocycles. The van der Waals surface area contributed by atoms with Crippen molar-refractivity contribution in [2.45, 2.75) is 25.2 Å². The summed E-state index contributed by atoms with van der Waals surface area (Å²) in [6.07, 6.45) is 2.44. The summed E-state index contributed by atoms with van der Waals surface area (Å²) in [7, 11) is 0. The Morgan fingerprint density at radius 3 is 3.04 bits per heavy atom. The van der Waals surface area contributed by atoms with Gasteiger partial charge in [-0.3, -0.25) is 0 Å². The molecule has 11 heteroatoms. The van der Waals surface area contributed by atoms with E-state index in [-0.39, 0.29) is 18.9 Å². The van der Waals surface area contributed by atoms with Gasteiger partial charge in [0.1, 0.15) is 30.8 Å². The van der Waals surface area contributed by atoms with Gasteiger partial charge in [0.2, 0.25) is 0 Å². The summed E-state index contributed by atoms with van der Waals surface area (Å²) >= 11 is 0. The van der Waals surface area contributed by atoms with Gasteiger partial charge in [-0.1, -0.05) is 0 Å². The van der Waals surface area contributed by atoms with Gasteiger partial charge in [0.15, 0.2) is 11.6 Å². The zero-order chi connectivity index (χ0) is 17.9. The van der Waals surface area contributed by atoms with Gasteiger partial charge in [-0.15, -0.1) is 5.10 Å². The van der Waals surface area contributed by atoms with E-state index in [0.29, 0.717) is 17.8 Å². The largest absolute Gasteiger partial charge is 0.484 e. The van der Waals surface area contributed by atoms with E-state index in [1.54, 1.807) is 6.07 Å². The number of halogens is 2.